The molecular weight excluding hydrogens is 313 g/mol. The second kappa shape index (κ2) is 4.74. The van der Waals surface area contributed by atoms with Crippen molar-refractivity contribution in [3.63, 3.8) is 0 Å². The molecule has 2 nitrogen and oxygen atoms in total. The molecule has 2 aromatic carbocycles. The largest absolute Gasteiger partial charge is 0.455 e. The van der Waals surface area contributed by atoms with Gasteiger partial charge in [0.1, 0.15) is 5.75 Å². The second-order valence-electron chi connectivity index (χ2n) is 3.55. The number of para-hydroxylation sites is 1. The van der Waals surface area contributed by atoms with Crippen LogP contribution >= 0.6 is 22.6 Å². The number of anilines is 1. The fourth-order valence-corrected chi connectivity index (χ4v) is 1.79. The van der Waals surface area contributed by atoms with Crippen molar-refractivity contribution in [2.45, 2.75) is 6.92 Å². The van der Waals surface area contributed by atoms with Gasteiger partial charge in [0, 0.05) is 3.57 Å². The van der Waals surface area contributed by atoms with Crippen molar-refractivity contribution in [3.05, 3.63) is 51.6 Å². The Kier molecular flexibility index (Phi) is 3.33. The summed E-state index contributed by atoms with van der Waals surface area (Å²) in [7, 11) is 0. The lowest BCUT2D eigenvalue weighted by molar-refractivity contribution is 0.481. The monoisotopic (exact) mass is 325 g/mol. The van der Waals surface area contributed by atoms with Gasteiger partial charge < -0.3 is 10.5 Å². The van der Waals surface area contributed by atoms with Gasteiger partial charge in [-0.3, -0.25) is 0 Å². The molecule has 0 aliphatic carbocycles. The molecule has 0 bridgehead atoms. The van der Waals surface area contributed by atoms with E-state index in [9.17, 15) is 0 Å². The summed E-state index contributed by atoms with van der Waals surface area (Å²) >= 11 is 2.26. The number of nitrogen functional groups attached to an aromatic ring is 1. The molecule has 0 aliphatic heterocycles. The van der Waals surface area contributed by atoms with Gasteiger partial charge in [-0.05, 0) is 65.4 Å². The summed E-state index contributed by atoms with van der Waals surface area (Å²) in [5.41, 5.74) is 7.58. The maximum absolute atomic E-state index is 5.87. The van der Waals surface area contributed by atoms with Gasteiger partial charge in [-0.1, -0.05) is 12.1 Å². The van der Waals surface area contributed by atoms with E-state index >= 15 is 0 Å². The highest BCUT2D eigenvalue weighted by atomic mass is 127. The molecule has 0 heterocycles. The number of halogens is 1. The van der Waals surface area contributed by atoms with Crippen molar-refractivity contribution in [1.29, 1.82) is 0 Å². The van der Waals surface area contributed by atoms with E-state index in [1.807, 2.05) is 49.4 Å². The lowest BCUT2D eigenvalue weighted by Gasteiger charge is -2.10. The summed E-state index contributed by atoms with van der Waals surface area (Å²) in [6.07, 6.45) is 0. The Morgan fingerprint density at radius 2 is 1.75 bits per heavy atom. The molecule has 0 spiro atoms. The fraction of sp³-hybridized carbons (Fsp3) is 0.0769. The molecule has 0 fully saturated rings. The zero-order valence-corrected chi connectivity index (χ0v) is 11.1. The van der Waals surface area contributed by atoms with E-state index in [-0.39, 0.29) is 0 Å². The van der Waals surface area contributed by atoms with Crippen LogP contribution in [0.5, 0.6) is 11.5 Å². The molecular formula is C13H12INO. The highest BCUT2D eigenvalue weighted by Gasteiger charge is 2.04. The molecule has 0 unspecified atom stereocenters. The minimum absolute atomic E-state index is 0.665. The van der Waals surface area contributed by atoms with Crippen molar-refractivity contribution in [1.82, 2.24) is 0 Å². The first kappa shape index (κ1) is 11.3. The standard InChI is InChI=1S/C13H12INO/c1-9-3-2-4-12(15)13(9)16-11-7-5-10(14)6-8-11/h2-8H,15H2,1H3. The maximum atomic E-state index is 5.87. The molecule has 2 aromatic rings. The molecule has 0 amide bonds. The van der Waals surface area contributed by atoms with E-state index in [1.165, 1.54) is 3.57 Å². The average molecular weight is 325 g/mol. The second-order valence-corrected chi connectivity index (χ2v) is 4.79. The van der Waals surface area contributed by atoms with Crippen LogP contribution in [0.3, 0.4) is 0 Å². The zero-order chi connectivity index (χ0) is 11.5. The summed E-state index contributed by atoms with van der Waals surface area (Å²) in [5.74, 6) is 1.55. The normalized spacial score (nSPS) is 10.1. The van der Waals surface area contributed by atoms with Gasteiger partial charge in [-0.25, -0.2) is 0 Å². The van der Waals surface area contributed by atoms with E-state index in [2.05, 4.69) is 22.6 Å². The topological polar surface area (TPSA) is 35.2 Å². The van der Waals surface area contributed by atoms with Crippen LogP contribution in [0, 0.1) is 10.5 Å². The summed E-state index contributed by atoms with van der Waals surface area (Å²) in [4.78, 5) is 0. The molecule has 0 aliphatic rings. The SMILES string of the molecule is Cc1cccc(N)c1Oc1ccc(I)cc1. The van der Waals surface area contributed by atoms with Crippen LogP contribution in [0.4, 0.5) is 5.69 Å². The quantitative estimate of drug-likeness (QED) is 0.670. The average Bonchev–Trinajstić information content (AvgIpc) is 2.26. The molecule has 3 heteroatoms. The van der Waals surface area contributed by atoms with Crippen LogP contribution in [0.15, 0.2) is 42.5 Å². The summed E-state index contributed by atoms with van der Waals surface area (Å²) in [5, 5.41) is 0. The lowest BCUT2D eigenvalue weighted by Crippen LogP contribution is -1.94. The maximum Gasteiger partial charge on any atom is 0.153 e. The smallest absolute Gasteiger partial charge is 0.153 e. The summed E-state index contributed by atoms with van der Waals surface area (Å²) in [6.45, 7) is 1.98. The lowest BCUT2D eigenvalue weighted by atomic mass is 10.2. The number of hydrogen-bond donors (Lipinski definition) is 1. The zero-order valence-electron chi connectivity index (χ0n) is 8.91. The highest BCUT2D eigenvalue weighted by molar-refractivity contribution is 14.1. The van der Waals surface area contributed by atoms with Gasteiger partial charge in [-0.2, -0.15) is 0 Å². The van der Waals surface area contributed by atoms with E-state index in [0.717, 1.165) is 17.1 Å². The number of hydrogen-bond acceptors (Lipinski definition) is 2. The van der Waals surface area contributed by atoms with Crippen LogP contribution in [0.25, 0.3) is 0 Å². The van der Waals surface area contributed by atoms with Crippen LogP contribution in [-0.4, -0.2) is 0 Å². The molecule has 0 radical (unpaired) electrons. The Morgan fingerprint density at radius 3 is 2.38 bits per heavy atom. The number of ether oxygens (including phenoxy) is 1. The van der Waals surface area contributed by atoms with Gasteiger partial charge in [0.05, 0.1) is 5.69 Å². The molecule has 16 heavy (non-hydrogen) atoms. The number of nitrogens with two attached hydrogens (primary N) is 1. The molecule has 2 N–H and O–H groups in total. The first-order valence-electron chi connectivity index (χ1n) is 4.95. The Balaban J connectivity index is 2.30. The number of aryl methyl sites for hydroxylation is 1. The van der Waals surface area contributed by atoms with Gasteiger partial charge in [-0.15, -0.1) is 0 Å². The minimum Gasteiger partial charge on any atom is -0.455 e. The third-order valence-electron chi connectivity index (χ3n) is 2.28. The van der Waals surface area contributed by atoms with Crippen LogP contribution in [0.1, 0.15) is 5.56 Å². The van der Waals surface area contributed by atoms with Gasteiger partial charge in [0.15, 0.2) is 5.75 Å². The van der Waals surface area contributed by atoms with Gasteiger partial charge >= 0.3 is 0 Å². The Labute approximate surface area is 109 Å². The van der Waals surface area contributed by atoms with E-state index < -0.39 is 0 Å². The Hall–Kier alpha value is -1.23. The van der Waals surface area contributed by atoms with Crippen molar-refractivity contribution >= 4 is 28.3 Å². The predicted octanol–water partition coefficient (Wildman–Crippen LogP) is 3.97. The number of benzene rings is 2. The summed E-state index contributed by atoms with van der Waals surface area (Å²) in [6, 6.07) is 13.6. The summed E-state index contributed by atoms with van der Waals surface area (Å²) < 4.78 is 6.95. The van der Waals surface area contributed by atoms with Crippen molar-refractivity contribution in [2.75, 3.05) is 5.73 Å². The van der Waals surface area contributed by atoms with Crippen molar-refractivity contribution < 1.29 is 4.74 Å². The van der Waals surface area contributed by atoms with Crippen molar-refractivity contribution in [2.24, 2.45) is 0 Å². The molecule has 82 valence electrons. The Bertz CT molecular complexity index is 474. The third kappa shape index (κ3) is 2.47. The van der Waals surface area contributed by atoms with E-state index in [4.69, 9.17) is 10.5 Å². The third-order valence-corrected chi connectivity index (χ3v) is 3.00. The van der Waals surface area contributed by atoms with Crippen molar-refractivity contribution in [3.8, 4) is 11.5 Å². The fourth-order valence-electron chi connectivity index (χ4n) is 1.44. The number of rotatable bonds is 2. The van der Waals surface area contributed by atoms with Crippen LogP contribution in [0.2, 0.25) is 0 Å². The first-order chi connectivity index (χ1) is 7.66. The molecule has 2 rings (SSSR count). The van der Waals surface area contributed by atoms with Crippen LogP contribution < -0.4 is 10.5 Å². The molecule has 0 saturated carbocycles. The van der Waals surface area contributed by atoms with Gasteiger partial charge in [0.25, 0.3) is 0 Å². The van der Waals surface area contributed by atoms with Gasteiger partial charge in [0.2, 0.25) is 0 Å². The van der Waals surface area contributed by atoms with E-state index in [1.54, 1.807) is 0 Å². The van der Waals surface area contributed by atoms with E-state index in [0.29, 0.717) is 5.69 Å². The van der Waals surface area contributed by atoms with Crippen LogP contribution in [-0.2, 0) is 0 Å². The Morgan fingerprint density at radius 1 is 1.06 bits per heavy atom. The first-order valence-corrected chi connectivity index (χ1v) is 6.03. The predicted molar refractivity (Wildman–Crippen MR) is 74.8 cm³/mol. The molecule has 0 saturated heterocycles. The molecule has 0 aromatic heterocycles. The molecule has 0 atom stereocenters. The highest BCUT2D eigenvalue weighted by Crippen LogP contribution is 2.30. The minimum atomic E-state index is 0.665.